The molecule has 162 valence electrons. The number of nitro groups is 1. The number of hydrogen-bond acceptors (Lipinski definition) is 9. The molecular weight excluding hydrogens is 414 g/mol. The zero-order chi connectivity index (χ0) is 22.1. The largest absolute Gasteiger partial charge is 0.368 e. The van der Waals surface area contributed by atoms with Crippen molar-refractivity contribution in [2.24, 2.45) is 0 Å². The minimum Gasteiger partial charge on any atom is -0.368 e. The van der Waals surface area contributed by atoms with Crippen LogP contribution in [0.1, 0.15) is 21.7 Å². The number of nitrogens with zero attached hydrogens (tertiary/aromatic N) is 6. The highest BCUT2D eigenvalue weighted by molar-refractivity contribution is 7.15. The van der Waals surface area contributed by atoms with Crippen molar-refractivity contribution in [2.45, 2.75) is 27.7 Å². The SMILES string of the molecule is Cc1cccc(N2CCN(c3ncnc(Nc4nc(C)c(C)s4)c3[N+](=O)[O-])CC2)c1C. The lowest BCUT2D eigenvalue weighted by Crippen LogP contribution is -2.47. The van der Waals surface area contributed by atoms with E-state index >= 15 is 0 Å². The number of aryl methyl sites for hydroxylation is 3. The minimum absolute atomic E-state index is 0.117. The van der Waals surface area contributed by atoms with Crippen molar-refractivity contribution in [1.82, 2.24) is 15.0 Å². The van der Waals surface area contributed by atoms with Crippen molar-refractivity contribution < 1.29 is 4.92 Å². The van der Waals surface area contributed by atoms with Gasteiger partial charge in [-0.1, -0.05) is 12.1 Å². The standard InChI is InChI=1S/C21H25N7O2S/c1-13-6-5-7-17(14(13)2)26-8-10-27(11-9-26)20-18(28(29)30)19(22-12-23-20)25-21-24-15(3)16(4)31-21/h5-7,12H,8-11H2,1-4H3,(H,22,23,24,25). The molecule has 2 aromatic heterocycles. The number of aromatic nitrogens is 3. The molecule has 9 nitrogen and oxygen atoms in total. The van der Waals surface area contributed by atoms with E-state index in [1.54, 1.807) is 0 Å². The number of piperazine rings is 1. The maximum atomic E-state index is 11.9. The summed E-state index contributed by atoms with van der Waals surface area (Å²) in [6.45, 7) is 10.9. The van der Waals surface area contributed by atoms with Gasteiger partial charge in [-0.05, 0) is 44.9 Å². The van der Waals surface area contributed by atoms with Gasteiger partial charge >= 0.3 is 5.69 Å². The van der Waals surface area contributed by atoms with Gasteiger partial charge in [0, 0.05) is 36.7 Å². The second-order valence-electron chi connectivity index (χ2n) is 7.63. The highest BCUT2D eigenvalue weighted by Crippen LogP contribution is 2.35. The molecule has 0 saturated carbocycles. The minimum atomic E-state index is -0.415. The Morgan fingerprint density at radius 1 is 1.06 bits per heavy atom. The Hall–Kier alpha value is -3.27. The van der Waals surface area contributed by atoms with Crippen LogP contribution in [0.5, 0.6) is 0 Å². The predicted octanol–water partition coefficient (Wildman–Crippen LogP) is 4.15. The molecule has 0 amide bonds. The summed E-state index contributed by atoms with van der Waals surface area (Å²) in [6, 6.07) is 6.31. The Balaban J connectivity index is 1.57. The van der Waals surface area contributed by atoms with Gasteiger partial charge in [-0.15, -0.1) is 11.3 Å². The molecule has 3 aromatic rings. The second kappa shape index (κ2) is 8.46. The van der Waals surface area contributed by atoms with E-state index in [4.69, 9.17) is 0 Å². The first-order valence-corrected chi connectivity index (χ1v) is 10.9. The molecule has 0 aliphatic carbocycles. The normalized spacial score (nSPS) is 14.1. The fourth-order valence-electron chi connectivity index (χ4n) is 3.73. The van der Waals surface area contributed by atoms with Crippen molar-refractivity contribution in [3.05, 3.63) is 56.3 Å². The highest BCUT2D eigenvalue weighted by Gasteiger charge is 2.30. The topological polar surface area (TPSA) is 100 Å². The average Bonchev–Trinajstić information content (AvgIpc) is 3.06. The van der Waals surface area contributed by atoms with E-state index in [0.717, 1.165) is 23.7 Å². The lowest BCUT2D eigenvalue weighted by Gasteiger charge is -2.37. The van der Waals surface area contributed by atoms with Crippen LogP contribution in [0.25, 0.3) is 0 Å². The summed E-state index contributed by atoms with van der Waals surface area (Å²) in [7, 11) is 0. The van der Waals surface area contributed by atoms with E-state index in [-0.39, 0.29) is 11.5 Å². The van der Waals surface area contributed by atoms with Crippen LogP contribution in [0, 0.1) is 37.8 Å². The number of thiazole rings is 1. The molecule has 0 spiro atoms. The van der Waals surface area contributed by atoms with Crippen LogP contribution in [0.15, 0.2) is 24.5 Å². The summed E-state index contributed by atoms with van der Waals surface area (Å²) in [5, 5.41) is 15.6. The van der Waals surface area contributed by atoms with Gasteiger partial charge in [0.05, 0.1) is 10.6 Å². The number of hydrogen-bond donors (Lipinski definition) is 1. The molecule has 0 radical (unpaired) electrons. The smallest absolute Gasteiger partial charge is 0.353 e. The Bertz CT molecular complexity index is 1100. The van der Waals surface area contributed by atoms with Crippen LogP contribution in [-0.2, 0) is 0 Å². The van der Waals surface area contributed by atoms with Crippen molar-refractivity contribution >= 4 is 39.5 Å². The van der Waals surface area contributed by atoms with E-state index in [9.17, 15) is 10.1 Å². The van der Waals surface area contributed by atoms with E-state index < -0.39 is 4.92 Å². The van der Waals surface area contributed by atoms with Crippen LogP contribution in [0.3, 0.4) is 0 Å². The maximum absolute atomic E-state index is 11.9. The van der Waals surface area contributed by atoms with Gasteiger partial charge in [-0.3, -0.25) is 10.1 Å². The summed E-state index contributed by atoms with van der Waals surface area (Å²) in [5.41, 5.74) is 4.52. The third-order valence-corrected chi connectivity index (χ3v) is 6.72. The molecule has 1 aliphatic rings. The molecule has 3 heterocycles. The van der Waals surface area contributed by atoms with E-state index in [1.807, 2.05) is 18.7 Å². The first-order chi connectivity index (χ1) is 14.8. The molecule has 1 aromatic carbocycles. The summed E-state index contributed by atoms with van der Waals surface area (Å²) in [6.07, 6.45) is 1.37. The molecule has 31 heavy (non-hydrogen) atoms. The number of anilines is 4. The summed E-state index contributed by atoms with van der Waals surface area (Å²) < 4.78 is 0. The molecule has 1 N–H and O–H groups in total. The number of rotatable bonds is 5. The molecule has 4 rings (SSSR count). The van der Waals surface area contributed by atoms with Gasteiger partial charge in [0.25, 0.3) is 0 Å². The van der Waals surface area contributed by atoms with Crippen molar-refractivity contribution in [2.75, 3.05) is 41.3 Å². The molecule has 0 bridgehead atoms. The second-order valence-corrected chi connectivity index (χ2v) is 8.83. The van der Waals surface area contributed by atoms with Crippen LogP contribution in [-0.4, -0.2) is 46.1 Å². The van der Waals surface area contributed by atoms with Crippen molar-refractivity contribution in [1.29, 1.82) is 0 Å². The fraction of sp³-hybridized carbons (Fsp3) is 0.381. The van der Waals surface area contributed by atoms with Crippen LogP contribution < -0.4 is 15.1 Å². The third kappa shape index (κ3) is 4.15. The van der Waals surface area contributed by atoms with Crippen LogP contribution in [0.2, 0.25) is 0 Å². The Morgan fingerprint density at radius 3 is 2.42 bits per heavy atom. The van der Waals surface area contributed by atoms with Gasteiger partial charge < -0.3 is 15.1 Å². The van der Waals surface area contributed by atoms with Crippen molar-refractivity contribution in [3.8, 4) is 0 Å². The molecule has 0 atom stereocenters. The van der Waals surface area contributed by atoms with E-state index in [0.29, 0.717) is 24.0 Å². The highest BCUT2D eigenvalue weighted by atomic mass is 32.1. The average molecular weight is 440 g/mol. The molecule has 1 saturated heterocycles. The van der Waals surface area contributed by atoms with E-state index in [1.165, 1.54) is 34.5 Å². The number of benzene rings is 1. The van der Waals surface area contributed by atoms with Gasteiger partial charge in [-0.25, -0.2) is 15.0 Å². The monoisotopic (exact) mass is 439 g/mol. The molecule has 1 fully saturated rings. The lowest BCUT2D eigenvalue weighted by molar-refractivity contribution is -0.383. The fourth-order valence-corrected chi connectivity index (χ4v) is 4.54. The van der Waals surface area contributed by atoms with Gasteiger partial charge in [-0.2, -0.15) is 0 Å². The molecular formula is C21H25N7O2S. The number of nitrogens with one attached hydrogen (secondary N) is 1. The van der Waals surface area contributed by atoms with Gasteiger partial charge in [0.1, 0.15) is 6.33 Å². The lowest BCUT2D eigenvalue weighted by atomic mass is 10.1. The quantitative estimate of drug-likeness (QED) is 0.467. The Labute approximate surface area is 184 Å². The van der Waals surface area contributed by atoms with Gasteiger partial charge in [0.2, 0.25) is 11.6 Å². The Kier molecular flexibility index (Phi) is 5.73. The summed E-state index contributed by atoms with van der Waals surface area (Å²) >= 11 is 1.45. The van der Waals surface area contributed by atoms with E-state index in [2.05, 4.69) is 57.2 Å². The molecule has 10 heteroatoms. The zero-order valence-corrected chi connectivity index (χ0v) is 18.9. The predicted molar refractivity (Wildman–Crippen MR) is 124 cm³/mol. The zero-order valence-electron chi connectivity index (χ0n) is 18.0. The third-order valence-electron chi connectivity index (χ3n) is 5.74. The molecule has 1 aliphatic heterocycles. The first-order valence-electron chi connectivity index (χ1n) is 10.1. The summed E-state index contributed by atoms with van der Waals surface area (Å²) in [5.74, 6) is 0.508. The summed E-state index contributed by atoms with van der Waals surface area (Å²) in [4.78, 5) is 29.7. The Morgan fingerprint density at radius 2 is 1.77 bits per heavy atom. The van der Waals surface area contributed by atoms with Gasteiger partial charge in [0.15, 0.2) is 5.13 Å². The maximum Gasteiger partial charge on any atom is 0.353 e. The van der Waals surface area contributed by atoms with Crippen LogP contribution >= 0.6 is 11.3 Å². The molecule has 0 unspecified atom stereocenters. The van der Waals surface area contributed by atoms with Crippen LogP contribution in [0.4, 0.5) is 28.1 Å². The van der Waals surface area contributed by atoms with Crippen molar-refractivity contribution in [3.63, 3.8) is 0 Å². The first kappa shape index (κ1) is 21.0.